The zero-order valence-electron chi connectivity index (χ0n) is 58.9. The van der Waals surface area contributed by atoms with Crippen LogP contribution in [0.5, 0.6) is 0 Å². The predicted molar refractivity (Wildman–Crippen MR) is 348 cm³/mol. The van der Waals surface area contributed by atoms with Crippen molar-refractivity contribution >= 4 is 65.0 Å². The van der Waals surface area contributed by atoms with Gasteiger partial charge in [0.25, 0.3) is 5.91 Å². The molecule has 1 aliphatic heterocycles. The molecule has 0 bridgehead atoms. The maximum Gasteiger partial charge on any atom is 0.270 e. The Morgan fingerprint density at radius 1 is 0.544 bits per heavy atom. The van der Waals surface area contributed by atoms with Crippen LogP contribution in [0.3, 0.4) is 0 Å². The highest BCUT2D eigenvalue weighted by atomic mass is 16.5. The number of nitrogens with one attached hydrogen (secondary N) is 4. The van der Waals surface area contributed by atoms with Gasteiger partial charge < -0.3 is 65.4 Å². The van der Waals surface area contributed by atoms with E-state index in [0.29, 0.717) is 0 Å². The van der Waals surface area contributed by atoms with E-state index in [9.17, 15) is 43.5 Å². The number of amides is 11. The van der Waals surface area contributed by atoms with Crippen LogP contribution in [-0.4, -0.2) is 232 Å². The molecule has 90 heavy (non-hydrogen) atoms. The minimum Gasteiger partial charge on any atom is -0.390 e. The van der Waals surface area contributed by atoms with Crippen LogP contribution in [0.1, 0.15) is 156 Å². The third kappa shape index (κ3) is 22.3. The van der Waals surface area contributed by atoms with Crippen LogP contribution in [-0.2, 0) is 57.5 Å². The van der Waals surface area contributed by atoms with Crippen LogP contribution >= 0.6 is 0 Å². The number of nitrogens with zero attached hydrogens (tertiary/aromatic N) is 7. The zero-order valence-corrected chi connectivity index (χ0v) is 58.9. The Bertz CT molecular complexity index is 2550. The second-order valence-electron chi connectivity index (χ2n) is 27.1. The Morgan fingerprint density at radius 3 is 1.47 bits per heavy atom. The summed E-state index contributed by atoms with van der Waals surface area (Å²) < 4.78 is 6.04. The van der Waals surface area contributed by atoms with Crippen molar-refractivity contribution in [2.75, 3.05) is 55.9 Å². The summed E-state index contributed by atoms with van der Waals surface area (Å²) >= 11 is 0. The molecule has 1 heterocycles. The molecule has 0 spiro atoms. The lowest BCUT2D eigenvalue weighted by molar-refractivity contribution is -0.157. The highest BCUT2D eigenvalue weighted by Crippen LogP contribution is 2.27. The summed E-state index contributed by atoms with van der Waals surface area (Å²) in [4.78, 5) is 170. The zero-order chi connectivity index (χ0) is 69.9. The van der Waals surface area contributed by atoms with E-state index in [4.69, 9.17) is 4.74 Å². The number of allylic oxidation sites excluding steroid dienone is 2. The van der Waals surface area contributed by atoms with Gasteiger partial charge in [0, 0.05) is 55.8 Å². The number of ether oxygens (including phenoxy) is 1. The maximum atomic E-state index is 15.2. The molecule has 11 amide bonds. The van der Waals surface area contributed by atoms with Crippen LogP contribution in [0.15, 0.2) is 37.1 Å². The van der Waals surface area contributed by atoms with Crippen molar-refractivity contribution in [3.8, 4) is 0 Å². The number of aliphatic hydroxyl groups is 1. The Balaban J connectivity index is 4.46. The third-order valence-corrected chi connectivity index (χ3v) is 16.8. The molecular formula is C66H115N11O13. The van der Waals surface area contributed by atoms with Gasteiger partial charge in [-0.15, -0.1) is 6.58 Å². The highest BCUT2D eigenvalue weighted by molar-refractivity contribution is 6.02. The summed E-state index contributed by atoms with van der Waals surface area (Å²) in [6, 6.07) is -13.0. The first-order chi connectivity index (χ1) is 41.5. The molecule has 24 nitrogen and oxygen atoms in total. The largest absolute Gasteiger partial charge is 0.390 e. The van der Waals surface area contributed by atoms with Crippen molar-refractivity contribution < 1.29 is 62.6 Å². The average Bonchev–Trinajstić information content (AvgIpc) is 0.948. The number of aliphatic hydroxyl groups excluding tert-OH is 1. The first-order valence-electron chi connectivity index (χ1n) is 31.8. The van der Waals surface area contributed by atoms with E-state index in [-0.39, 0.29) is 62.9 Å². The first-order valence-corrected chi connectivity index (χ1v) is 31.8. The number of hydrogen-bond acceptors (Lipinski definition) is 13. The Hall–Kier alpha value is -6.69. The van der Waals surface area contributed by atoms with E-state index in [1.54, 1.807) is 74.5 Å². The molecule has 0 aromatic heterocycles. The first kappa shape index (κ1) is 81.3. The van der Waals surface area contributed by atoms with Gasteiger partial charge in [-0.3, -0.25) is 52.7 Å². The Kier molecular flexibility index (Phi) is 32.9. The van der Waals surface area contributed by atoms with Gasteiger partial charge in [0.05, 0.1) is 18.3 Å². The van der Waals surface area contributed by atoms with Crippen LogP contribution in [0, 0.1) is 35.5 Å². The molecule has 1 aliphatic rings. The van der Waals surface area contributed by atoms with E-state index in [2.05, 4.69) is 34.4 Å². The lowest BCUT2D eigenvalue weighted by atomic mass is 9.91. The molecule has 0 saturated carbocycles. The third-order valence-electron chi connectivity index (χ3n) is 16.8. The van der Waals surface area contributed by atoms with Crippen molar-refractivity contribution in [2.24, 2.45) is 35.5 Å². The number of rotatable bonds is 18. The molecule has 0 aromatic rings. The van der Waals surface area contributed by atoms with E-state index in [1.807, 2.05) is 41.5 Å². The van der Waals surface area contributed by atoms with Crippen LogP contribution in [0.2, 0.25) is 0 Å². The second-order valence-corrected chi connectivity index (χ2v) is 27.1. The number of carbonyl (C=O) groups is 11. The molecule has 0 aromatic carbocycles. The molecule has 5 N–H and O–H groups in total. The second kappa shape index (κ2) is 36.4. The van der Waals surface area contributed by atoms with E-state index < -0.39 is 161 Å². The van der Waals surface area contributed by atoms with Gasteiger partial charge in [0.15, 0.2) is 0 Å². The van der Waals surface area contributed by atoms with Crippen molar-refractivity contribution in [1.29, 1.82) is 0 Å². The quantitative estimate of drug-likeness (QED) is 0.0956. The highest BCUT2D eigenvalue weighted by Gasteiger charge is 2.46. The van der Waals surface area contributed by atoms with E-state index in [0.717, 1.165) is 14.7 Å². The van der Waals surface area contributed by atoms with Crippen molar-refractivity contribution in [2.45, 2.75) is 228 Å². The number of carbonyl (C=O) groups excluding carboxylic acids is 11. The van der Waals surface area contributed by atoms with Gasteiger partial charge >= 0.3 is 0 Å². The minimum atomic E-state index is -1.66. The Morgan fingerprint density at radius 2 is 1.00 bits per heavy atom. The van der Waals surface area contributed by atoms with E-state index >= 15 is 14.4 Å². The smallest absolute Gasteiger partial charge is 0.270 e. The van der Waals surface area contributed by atoms with Crippen LogP contribution in [0.25, 0.3) is 0 Å². The summed E-state index contributed by atoms with van der Waals surface area (Å²) in [6.45, 7) is 37.1. The van der Waals surface area contributed by atoms with Gasteiger partial charge in [-0.25, -0.2) is 0 Å². The summed E-state index contributed by atoms with van der Waals surface area (Å²) in [5, 5.41) is 23.1. The SMILES string of the molecule is C=CCOC(C)(C)C[C@H]1C(=O)N[C@@H](C(C)C)C(=O)N(C)[C@@H](CC(C)C)C(=O)N[C@@H](C)C(=O)N[C@H](C)C(=O)N(C)[C@@H](CC(C)C)C(=O)N(C)[C@@H](CC(C)C)C(=O)N(C)[C@@H](C(C)C)C(=O)N(C)[C@@H]([C@H](O)[C@H](C)C/C=C/C)C(=O)N[C@@H](CC)C(=O)N(C)C(=C)C(=O)N1C. The summed E-state index contributed by atoms with van der Waals surface area (Å²) in [5.74, 6) is -10.5. The maximum absolute atomic E-state index is 15.2. The topological polar surface area (TPSA) is 288 Å². The van der Waals surface area contributed by atoms with Crippen LogP contribution in [0.4, 0.5) is 0 Å². The summed E-state index contributed by atoms with van der Waals surface area (Å²) in [6.07, 6.45) is 4.01. The molecular weight excluding hydrogens is 1150 g/mol. The minimum absolute atomic E-state index is 0.0518. The Labute approximate surface area is 538 Å². The molecule has 0 unspecified atom stereocenters. The monoisotopic (exact) mass is 1270 g/mol. The molecule has 12 atom stereocenters. The molecule has 1 saturated heterocycles. The normalized spacial score (nSPS) is 26.2. The van der Waals surface area contributed by atoms with Gasteiger partial charge in [-0.1, -0.05) is 108 Å². The lowest BCUT2D eigenvalue weighted by Gasteiger charge is -2.41. The van der Waals surface area contributed by atoms with Crippen molar-refractivity contribution in [3.05, 3.63) is 37.1 Å². The predicted octanol–water partition coefficient (Wildman–Crippen LogP) is 4.11. The van der Waals surface area contributed by atoms with Gasteiger partial charge in [0.1, 0.15) is 66.1 Å². The van der Waals surface area contributed by atoms with E-state index in [1.165, 1.54) is 88.9 Å². The molecule has 1 rings (SSSR count). The van der Waals surface area contributed by atoms with Crippen LogP contribution < -0.4 is 21.3 Å². The van der Waals surface area contributed by atoms with Gasteiger partial charge in [-0.05, 0) is 102 Å². The molecule has 0 aliphatic carbocycles. The van der Waals surface area contributed by atoms with Gasteiger partial charge in [0.2, 0.25) is 59.1 Å². The fraction of sp³-hybridized carbons (Fsp3) is 0.742. The average molecular weight is 1270 g/mol. The van der Waals surface area contributed by atoms with Crippen molar-refractivity contribution in [3.63, 3.8) is 0 Å². The molecule has 24 heteroatoms. The summed E-state index contributed by atoms with van der Waals surface area (Å²) in [7, 11) is 9.65. The number of likely N-dealkylation sites (N-methyl/N-ethyl adjacent to an activating group) is 7. The molecule has 1 fully saturated rings. The van der Waals surface area contributed by atoms with Crippen molar-refractivity contribution in [1.82, 2.24) is 55.6 Å². The fourth-order valence-corrected chi connectivity index (χ4v) is 11.0. The molecule has 0 radical (unpaired) electrons. The summed E-state index contributed by atoms with van der Waals surface area (Å²) in [5.41, 5.74) is -1.52. The number of hydrogen-bond donors (Lipinski definition) is 5. The molecule has 512 valence electrons. The standard InChI is InChI=1S/C66H115N11O13/c1-27-30-31-42(14)54(78)53-58(82)69-46(29-3)61(85)71(20)45(17)60(84)75(24)50(36-66(18,19)90-32-28-2)57(81)70-51(40(10)11)64(88)72(21)47(33-37(4)5)56(80)67-43(15)55(79)68-44(16)59(83)73(22)48(34-38(6)7)62(86)74(23)49(35-39(8)9)63(87)76(25)52(41(12)13)65(89)77(53)26/h27-28,30,37-44,46-54,78H,2,17,29,31-36H2,1,3-16,18-26H3,(H,67,80)(H,68,79)(H,69,82)(H,70,81)/b30-27+/t42-,43+,44-,46+,47+,48+,49+,50+,51+,52+,53+,54-/m1/s1. The lowest BCUT2D eigenvalue weighted by Crippen LogP contribution is -2.63. The van der Waals surface area contributed by atoms with Gasteiger partial charge in [-0.2, -0.15) is 0 Å². The fourth-order valence-electron chi connectivity index (χ4n) is 11.0.